The number of nitrogens with zero attached hydrogens (tertiary/aromatic N) is 3. The molecule has 140 valence electrons. The number of esters is 1. The molecule has 0 saturated heterocycles. The molecule has 7 nitrogen and oxygen atoms in total. The molecule has 0 fully saturated rings. The highest BCUT2D eigenvalue weighted by Gasteiger charge is 2.22. The van der Waals surface area contributed by atoms with Crippen molar-refractivity contribution in [1.29, 1.82) is 0 Å². The second kappa shape index (κ2) is 7.57. The first-order chi connectivity index (χ1) is 13.0. The molecule has 0 atom stereocenters. The Balaban J connectivity index is 2.06. The minimum absolute atomic E-state index is 0.0704. The van der Waals surface area contributed by atoms with Crippen molar-refractivity contribution in [3.05, 3.63) is 69.5 Å². The van der Waals surface area contributed by atoms with Crippen LogP contribution in [0.3, 0.4) is 0 Å². The van der Waals surface area contributed by atoms with Gasteiger partial charge in [0.15, 0.2) is 11.0 Å². The van der Waals surface area contributed by atoms with E-state index in [2.05, 4.69) is 16.1 Å². The Labute approximate surface area is 157 Å². The molecule has 0 spiro atoms. The molecule has 3 rings (SSSR count). The van der Waals surface area contributed by atoms with E-state index in [0.717, 1.165) is 29.0 Å². The number of benzene rings is 2. The number of hydrogen-bond acceptors (Lipinski definition) is 4. The van der Waals surface area contributed by atoms with E-state index in [-0.39, 0.29) is 11.7 Å². The van der Waals surface area contributed by atoms with E-state index in [4.69, 9.17) is 4.74 Å². The third kappa shape index (κ3) is 3.53. The number of nitro groups is 1. The summed E-state index contributed by atoms with van der Waals surface area (Å²) in [4.78, 5) is 22.6. The van der Waals surface area contributed by atoms with Gasteiger partial charge in [-0.15, -0.1) is 0 Å². The summed E-state index contributed by atoms with van der Waals surface area (Å²) < 4.78 is 9.41. The fraction of sp³-hybridized carbons (Fsp3) is 0.300. The number of aryl methyl sites for hydroxylation is 1. The average Bonchev–Trinajstić information content (AvgIpc) is 2.93. The lowest BCUT2D eigenvalue weighted by atomic mass is 10.1. The number of non-ortho nitro benzene ring substituents is 1. The molecule has 0 aliphatic heterocycles. The van der Waals surface area contributed by atoms with Crippen molar-refractivity contribution in [3.8, 4) is 0 Å². The third-order valence-corrected chi connectivity index (χ3v) is 4.65. The molecular weight excluding hydrogens is 346 g/mol. The SMILES string of the molecule is CCOC(=O)c1ccc2c(c1)n(Cc1ccc([N+](=O)[O-])cc1)c(C)[n+]2CC. The summed E-state index contributed by atoms with van der Waals surface area (Å²) in [6.45, 7) is 7.56. The normalized spacial score (nSPS) is 10.9. The smallest absolute Gasteiger partial charge is 0.338 e. The van der Waals surface area contributed by atoms with Crippen molar-refractivity contribution in [3.63, 3.8) is 0 Å². The minimum Gasteiger partial charge on any atom is -0.462 e. The van der Waals surface area contributed by atoms with E-state index in [0.29, 0.717) is 18.7 Å². The van der Waals surface area contributed by atoms with Crippen molar-refractivity contribution in [1.82, 2.24) is 4.57 Å². The van der Waals surface area contributed by atoms with Gasteiger partial charge in [-0.1, -0.05) is 0 Å². The molecule has 2 aromatic carbocycles. The molecule has 0 bridgehead atoms. The number of ether oxygens (including phenoxy) is 1. The summed E-state index contributed by atoms with van der Waals surface area (Å²) in [6, 6.07) is 12.1. The first kappa shape index (κ1) is 18.6. The number of hydrogen-bond donors (Lipinski definition) is 0. The van der Waals surface area contributed by atoms with Crippen LogP contribution in [0.5, 0.6) is 0 Å². The van der Waals surface area contributed by atoms with Gasteiger partial charge in [0.05, 0.1) is 23.6 Å². The molecule has 27 heavy (non-hydrogen) atoms. The van der Waals surface area contributed by atoms with E-state index in [1.54, 1.807) is 25.1 Å². The predicted octanol–water partition coefficient (Wildman–Crippen LogP) is 3.39. The molecular formula is C20H22N3O4+. The molecule has 0 amide bonds. The highest BCUT2D eigenvalue weighted by Crippen LogP contribution is 2.20. The van der Waals surface area contributed by atoms with Crippen molar-refractivity contribution < 1.29 is 19.0 Å². The quantitative estimate of drug-likeness (QED) is 0.289. The van der Waals surface area contributed by atoms with Crippen LogP contribution in [0.25, 0.3) is 11.0 Å². The van der Waals surface area contributed by atoms with Crippen LogP contribution in [0.4, 0.5) is 5.69 Å². The lowest BCUT2D eigenvalue weighted by Gasteiger charge is -2.03. The summed E-state index contributed by atoms with van der Waals surface area (Å²) in [5.41, 5.74) is 3.49. The lowest BCUT2D eigenvalue weighted by Crippen LogP contribution is -2.35. The maximum atomic E-state index is 12.1. The summed E-state index contributed by atoms with van der Waals surface area (Å²) in [5, 5.41) is 10.8. The Kier molecular flexibility index (Phi) is 5.21. The van der Waals surface area contributed by atoms with E-state index in [1.807, 2.05) is 19.1 Å². The Hall–Kier alpha value is -3.22. The van der Waals surface area contributed by atoms with Crippen molar-refractivity contribution >= 4 is 22.7 Å². The summed E-state index contributed by atoms with van der Waals surface area (Å²) >= 11 is 0. The van der Waals surface area contributed by atoms with E-state index in [1.165, 1.54) is 12.1 Å². The number of fused-ring (bicyclic) bond motifs is 1. The van der Waals surface area contributed by atoms with Gasteiger partial charge in [-0.05, 0) is 43.7 Å². The van der Waals surface area contributed by atoms with Crippen molar-refractivity contribution in [2.24, 2.45) is 0 Å². The van der Waals surface area contributed by atoms with Crippen LogP contribution < -0.4 is 4.57 Å². The monoisotopic (exact) mass is 368 g/mol. The lowest BCUT2D eigenvalue weighted by molar-refractivity contribution is -0.674. The zero-order chi connectivity index (χ0) is 19.6. The number of nitro benzene ring substituents is 1. The number of rotatable bonds is 6. The molecule has 3 aromatic rings. The van der Waals surface area contributed by atoms with Crippen LogP contribution in [-0.4, -0.2) is 22.1 Å². The molecule has 1 heterocycles. The summed E-state index contributed by atoms with van der Waals surface area (Å²) in [7, 11) is 0. The standard InChI is InChI=1S/C20H22N3O4/c1-4-21-14(3)22(13-15-6-9-17(10-7-15)23(25)26)19-12-16(8-11-18(19)21)20(24)27-5-2/h6-12H,4-5,13H2,1-3H3/q+1. The molecule has 0 aliphatic rings. The highest BCUT2D eigenvalue weighted by atomic mass is 16.6. The maximum absolute atomic E-state index is 12.1. The van der Waals surface area contributed by atoms with Crippen molar-refractivity contribution in [2.45, 2.75) is 33.9 Å². The van der Waals surface area contributed by atoms with Gasteiger partial charge in [-0.25, -0.2) is 13.9 Å². The Bertz CT molecular complexity index is 1010. The highest BCUT2D eigenvalue weighted by molar-refractivity contribution is 5.93. The largest absolute Gasteiger partial charge is 0.462 e. The van der Waals surface area contributed by atoms with Crippen LogP contribution in [0.1, 0.15) is 35.6 Å². The van der Waals surface area contributed by atoms with Crippen LogP contribution in [0.2, 0.25) is 0 Å². The second-order valence-corrected chi connectivity index (χ2v) is 6.23. The van der Waals surface area contributed by atoms with E-state index in [9.17, 15) is 14.9 Å². The average molecular weight is 368 g/mol. The van der Waals surface area contributed by atoms with Gasteiger partial charge in [0.25, 0.3) is 11.5 Å². The molecule has 0 saturated carbocycles. The van der Waals surface area contributed by atoms with Crippen LogP contribution in [0.15, 0.2) is 42.5 Å². The molecule has 0 radical (unpaired) electrons. The second-order valence-electron chi connectivity index (χ2n) is 6.23. The number of carbonyl (C=O) groups excluding carboxylic acids is 1. The first-order valence-electron chi connectivity index (χ1n) is 8.89. The zero-order valence-corrected chi connectivity index (χ0v) is 15.6. The fourth-order valence-corrected chi connectivity index (χ4v) is 3.31. The van der Waals surface area contributed by atoms with Gasteiger partial charge in [0, 0.05) is 25.1 Å². The Morgan fingerprint density at radius 1 is 1.19 bits per heavy atom. The number of aromatic nitrogens is 2. The van der Waals surface area contributed by atoms with Gasteiger partial charge >= 0.3 is 5.97 Å². The van der Waals surface area contributed by atoms with Gasteiger partial charge < -0.3 is 4.74 Å². The third-order valence-electron chi connectivity index (χ3n) is 4.65. The predicted molar refractivity (Wildman–Crippen MR) is 101 cm³/mol. The number of imidazole rings is 1. The summed E-state index contributed by atoms with van der Waals surface area (Å²) in [6.07, 6.45) is 0. The van der Waals surface area contributed by atoms with Crippen LogP contribution in [-0.2, 0) is 17.8 Å². The van der Waals surface area contributed by atoms with Gasteiger partial charge in [-0.3, -0.25) is 10.1 Å². The first-order valence-corrected chi connectivity index (χ1v) is 8.89. The van der Waals surface area contributed by atoms with Crippen molar-refractivity contribution in [2.75, 3.05) is 6.61 Å². The van der Waals surface area contributed by atoms with Gasteiger partial charge in [0.1, 0.15) is 6.54 Å². The molecule has 0 N–H and O–H groups in total. The Morgan fingerprint density at radius 3 is 2.48 bits per heavy atom. The minimum atomic E-state index is -0.406. The molecule has 0 unspecified atom stereocenters. The van der Waals surface area contributed by atoms with E-state index < -0.39 is 4.92 Å². The molecule has 1 aromatic heterocycles. The maximum Gasteiger partial charge on any atom is 0.338 e. The van der Waals surface area contributed by atoms with Crippen LogP contribution in [0, 0.1) is 17.0 Å². The zero-order valence-electron chi connectivity index (χ0n) is 15.6. The van der Waals surface area contributed by atoms with Crippen LogP contribution >= 0.6 is 0 Å². The number of carbonyl (C=O) groups is 1. The van der Waals surface area contributed by atoms with Gasteiger partial charge in [0.2, 0.25) is 0 Å². The molecule has 0 aliphatic carbocycles. The van der Waals surface area contributed by atoms with Gasteiger partial charge in [-0.2, -0.15) is 0 Å². The fourth-order valence-electron chi connectivity index (χ4n) is 3.31. The summed E-state index contributed by atoms with van der Waals surface area (Å²) in [5.74, 6) is 0.704. The topological polar surface area (TPSA) is 78.2 Å². The molecule has 7 heteroatoms. The van der Waals surface area contributed by atoms with E-state index >= 15 is 0 Å². The Morgan fingerprint density at radius 2 is 1.89 bits per heavy atom.